The van der Waals surface area contributed by atoms with E-state index in [2.05, 4.69) is 10.3 Å². The minimum absolute atomic E-state index is 0.0371. The number of carbonyl (C=O) groups is 2. The number of benzene rings is 1. The van der Waals surface area contributed by atoms with Gasteiger partial charge in [-0.25, -0.2) is 14.0 Å². The van der Waals surface area contributed by atoms with Crippen LogP contribution in [0.15, 0.2) is 24.3 Å². The van der Waals surface area contributed by atoms with Crippen LogP contribution in [-0.2, 0) is 17.7 Å². The monoisotopic (exact) mass is 416 g/mol. The van der Waals surface area contributed by atoms with E-state index in [0.717, 1.165) is 0 Å². The van der Waals surface area contributed by atoms with Gasteiger partial charge < -0.3 is 15.2 Å². The van der Waals surface area contributed by atoms with Crippen LogP contribution in [-0.4, -0.2) is 27.8 Å². The minimum atomic E-state index is -1.13. The van der Waals surface area contributed by atoms with Crippen LogP contribution >= 0.6 is 0 Å². The van der Waals surface area contributed by atoms with Crippen molar-refractivity contribution < 1.29 is 23.8 Å². The Morgan fingerprint density at radius 3 is 2.30 bits per heavy atom. The average Bonchev–Trinajstić information content (AvgIpc) is 2.58. The number of carboxylic acid groups (broad SMARTS) is 1. The van der Waals surface area contributed by atoms with Crippen molar-refractivity contribution in [3.05, 3.63) is 52.6 Å². The molecule has 0 unspecified atom stereocenters. The average molecular weight is 416 g/mol. The van der Waals surface area contributed by atoms with Gasteiger partial charge in [0.15, 0.2) is 0 Å². The Morgan fingerprint density at radius 1 is 1.20 bits per heavy atom. The zero-order valence-electron chi connectivity index (χ0n) is 18.3. The second-order valence-corrected chi connectivity index (χ2v) is 8.64. The third-order valence-corrected chi connectivity index (χ3v) is 4.32. The van der Waals surface area contributed by atoms with Crippen molar-refractivity contribution >= 4 is 12.1 Å². The molecule has 0 bridgehead atoms. The zero-order chi connectivity index (χ0) is 22.6. The van der Waals surface area contributed by atoms with Crippen LogP contribution in [0.4, 0.5) is 9.18 Å². The van der Waals surface area contributed by atoms with Crippen molar-refractivity contribution in [2.75, 3.05) is 0 Å². The predicted octanol–water partition coefficient (Wildman–Crippen LogP) is 5.12. The Hall–Kier alpha value is -2.96. The van der Waals surface area contributed by atoms with Gasteiger partial charge >= 0.3 is 12.1 Å². The summed E-state index contributed by atoms with van der Waals surface area (Å²) >= 11 is 0. The molecule has 6 nitrogen and oxygen atoms in total. The van der Waals surface area contributed by atoms with E-state index in [1.807, 2.05) is 13.8 Å². The van der Waals surface area contributed by atoms with Gasteiger partial charge in [0.1, 0.15) is 11.4 Å². The van der Waals surface area contributed by atoms with Crippen LogP contribution in [0.2, 0.25) is 0 Å². The number of aromatic nitrogens is 1. The highest BCUT2D eigenvalue weighted by molar-refractivity contribution is 5.98. The summed E-state index contributed by atoms with van der Waals surface area (Å²) in [7, 11) is 0. The van der Waals surface area contributed by atoms with Crippen LogP contribution in [0.1, 0.15) is 61.9 Å². The molecule has 0 atom stereocenters. The summed E-state index contributed by atoms with van der Waals surface area (Å²) in [5.41, 5.74) is 2.01. The molecular weight excluding hydrogens is 387 g/mol. The number of aromatic carboxylic acids is 1. The smallest absolute Gasteiger partial charge is 0.407 e. The second kappa shape index (κ2) is 9.24. The number of carboxylic acids is 1. The minimum Gasteiger partial charge on any atom is -0.478 e. The molecule has 1 amide bonds. The highest BCUT2D eigenvalue weighted by Crippen LogP contribution is 2.33. The number of ether oxygens (including phenoxy) is 1. The van der Waals surface area contributed by atoms with E-state index in [1.165, 1.54) is 24.3 Å². The lowest BCUT2D eigenvalue weighted by atomic mass is 9.90. The fourth-order valence-electron chi connectivity index (χ4n) is 3.22. The van der Waals surface area contributed by atoms with Crippen molar-refractivity contribution in [3.8, 4) is 11.1 Å². The Kier molecular flexibility index (Phi) is 7.18. The largest absolute Gasteiger partial charge is 0.478 e. The number of aryl methyl sites for hydroxylation is 1. The molecule has 0 aliphatic rings. The number of hydrogen-bond donors (Lipinski definition) is 2. The zero-order valence-corrected chi connectivity index (χ0v) is 18.3. The lowest BCUT2D eigenvalue weighted by Gasteiger charge is -2.22. The molecule has 2 rings (SSSR count). The molecule has 1 aromatic heterocycles. The van der Waals surface area contributed by atoms with Crippen LogP contribution in [0.3, 0.4) is 0 Å². The highest BCUT2D eigenvalue weighted by atomic mass is 19.1. The number of halogens is 1. The van der Waals surface area contributed by atoms with Gasteiger partial charge in [0.25, 0.3) is 0 Å². The number of rotatable bonds is 6. The fourth-order valence-corrected chi connectivity index (χ4v) is 3.22. The molecule has 1 aromatic carbocycles. The summed E-state index contributed by atoms with van der Waals surface area (Å²) in [6.45, 7) is 11.0. The summed E-state index contributed by atoms with van der Waals surface area (Å²) in [5.74, 6) is -1.29. The molecule has 0 fully saturated rings. The van der Waals surface area contributed by atoms with E-state index in [9.17, 15) is 19.1 Å². The summed E-state index contributed by atoms with van der Waals surface area (Å²) in [4.78, 5) is 28.8. The molecule has 0 saturated heterocycles. The van der Waals surface area contributed by atoms with Crippen molar-refractivity contribution in [2.45, 2.75) is 60.1 Å². The molecule has 0 saturated carbocycles. The van der Waals surface area contributed by atoms with E-state index >= 15 is 0 Å². The van der Waals surface area contributed by atoms with E-state index < -0.39 is 23.5 Å². The van der Waals surface area contributed by atoms with Crippen LogP contribution in [0.25, 0.3) is 11.1 Å². The van der Waals surface area contributed by atoms with Crippen molar-refractivity contribution in [1.82, 2.24) is 10.3 Å². The van der Waals surface area contributed by atoms with E-state index in [-0.39, 0.29) is 18.0 Å². The molecule has 0 aliphatic carbocycles. The number of amides is 1. The van der Waals surface area contributed by atoms with Crippen LogP contribution in [0.5, 0.6) is 0 Å². The Balaban J connectivity index is 2.64. The first-order valence-corrected chi connectivity index (χ1v) is 9.87. The molecule has 0 spiro atoms. The highest BCUT2D eigenvalue weighted by Gasteiger charge is 2.25. The number of hydrogen-bond acceptors (Lipinski definition) is 4. The van der Waals surface area contributed by atoms with Gasteiger partial charge in [-0.3, -0.25) is 4.98 Å². The molecule has 162 valence electrons. The second-order valence-electron chi connectivity index (χ2n) is 8.64. The first-order chi connectivity index (χ1) is 13.9. The molecule has 7 heteroatoms. The van der Waals surface area contributed by atoms with Crippen molar-refractivity contribution in [2.24, 2.45) is 5.92 Å². The van der Waals surface area contributed by atoms with Gasteiger partial charge in [0.05, 0.1) is 11.3 Å². The Labute approximate surface area is 176 Å². The molecule has 2 N–H and O–H groups in total. The molecule has 1 heterocycles. The Bertz CT molecular complexity index is 932. The summed E-state index contributed by atoms with van der Waals surface area (Å²) in [6.07, 6.45) is -0.0132. The Morgan fingerprint density at radius 2 is 1.80 bits per heavy atom. The molecule has 0 aliphatic heterocycles. The first kappa shape index (κ1) is 23.3. The summed E-state index contributed by atoms with van der Waals surface area (Å²) in [6, 6.07) is 5.63. The van der Waals surface area contributed by atoms with Crippen LogP contribution in [0, 0.1) is 18.7 Å². The van der Waals surface area contributed by atoms with E-state index in [1.54, 1.807) is 27.7 Å². The third kappa shape index (κ3) is 6.02. The number of alkyl carbamates (subject to hydrolysis) is 1. The number of pyridine rings is 1. The van der Waals surface area contributed by atoms with Crippen LogP contribution < -0.4 is 5.32 Å². The van der Waals surface area contributed by atoms with Gasteiger partial charge in [0, 0.05) is 23.4 Å². The van der Waals surface area contributed by atoms with Crippen molar-refractivity contribution in [3.63, 3.8) is 0 Å². The normalized spacial score (nSPS) is 11.5. The summed E-state index contributed by atoms with van der Waals surface area (Å²) in [5, 5.41) is 12.6. The maximum atomic E-state index is 13.5. The van der Waals surface area contributed by atoms with Gasteiger partial charge in [0.2, 0.25) is 0 Å². The molecular formula is C23H29FN2O4. The maximum Gasteiger partial charge on any atom is 0.407 e. The first-order valence-electron chi connectivity index (χ1n) is 9.87. The van der Waals surface area contributed by atoms with Crippen molar-refractivity contribution in [1.29, 1.82) is 0 Å². The molecule has 0 radical (unpaired) electrons. The summed E-state index contributed by atoms with van der Waals surface area (Å²) < 4.78 is 18.8. The molecule has 30 heavy (non-hydrogen) atoms. The van der Waals surface area contributed by atoms with Gasteiger partial charge in [-0.2, -0.15) is 0 Å². The lowest BCUT2D eigenvalue weighted by molar-refractivity contribution is 0.0523. The number of nitrogens with zero attached hydrogens (tertiary/aromatic N) is 1. The van der Waals surface area contributed by atoms with Gasteiger partial charge in [-0.1, -0.05) is 26.0 Å². The topological polar surface area (TPSA) is 88.5 Å². The van der Waals surface area contributed by atoms with Gasteiger partial charge in [-0.15, -0.1) is 0 Å². The third-order valence-electron chi connectivity index (χ3n) is 4.32. The quantitative estimate of drug-likeness (QED) is 0.682. The predicted molar refractivity (Wildman–Crippen MR) is 113 cm³/mol. The number of carbonyl (C=O) groups excluding carboxylic acids is 1. The van der Waals surface area contributed by atoms with E-state index in [0.29, 0.717) is 34.5 Å². The maximum absolute atomic E-state index is 13.5. The van der Waals surface area contributed by atoms with E-state index in [4.69, 9.17) is 4.74 Å². The fraction of sp³-hybridized carbons (Fsp3) is 0.435. The number of nitrogens with one attached hydrogen (secondary N) is 1. The SMILES string of the molecule is Cc1nc(CC(C)C)c(CNC(=O)OC(C)(C)C)c(-c2ccc(F)cc2)c1C(=O)O. The lowest BCUT2D eigenvalue weighted by Crippen LogP contribution is -2.32. The standard InChI is InChI=1S/C23H29FN2O4/c1-13(2)11-18-17(12-25-22(29)30-23(4,5)6)20(15-7-9-16(24)10-8-15)19(21(27)28)14(3)26-18/h7-10,13H,11-12H2,1-6H3,(H,25,29)(H,27,28). The van der Waals surface area contributed by atoms with Gasteiger partial charge in [-0.05, 0) is 57.7 Å². The molecule has 2 aromatic rings.